The second-order valence-electron chi connectivity index (χ2n) is 6.51. The van der Waals surface area contributed by atoms with E-state index in [-0.39, 0.29) is 6.10 Å². The normalized spacial score (nSPS) is 26.7. The lowest BCUT2D eigenvalue weighted by atomic mass is 9.81. The van der Waals surface area contributed by atoms with Crippen LogP contribution in [-0.2, 0) is 6.42 Å². The van der Waals surface area contributed by atoms with Crippen LogP contribution < -0.4 is 0 Å². The van der Waals surface area contributed by atoms with Gasteiger partial charge in [0.25, 0.3) is 0 Å². The van der Waals surface area contributed by atoms with Crippen molar-refractivity contribution in [3.8, 4) is 0 Å². The smallest absolute Gasteiger partial charge is 0.0953 e. The third kappa shape index (κ3) is 2.27. The molecular weight excluding hydrogens is 258 g/mol. The van der Waals surface area contributed by atoms with Gasteiger partial charge in [0.1, 0.15) is 0 Å². The molecule has 2 aliphatic rings. The first kappa shape index (κ1) is 13.3. The quantitative estimate of drug-likeness (QED) is 0.862. The van der Waals surface area contributed by atoms with E-state index in [4.69, 9.17) is 0 Å². The Hall–Kier alpha value is -1.38. The van der Waals surface area contributed by atoms with E-state index in [2.05, 4.69) is 41.3 Å². The Morgan fingerprint density at radius 1 is 0.952 bits per heavy atom. The SMILES string of the molecule is O[C@H]1c2c(ccc3ccccc23)CC[C@@H]1N1CCCCC1. The maximum atomic E-state index is 11.0. The van der Waals surface area contributed by atoms with Gasteiger partial charge in [-0.3, -0.25) is 4.90 Å². The van der Waals surface area contributed by atoms with Crippen molar-refractivity contribution < 1.29 is 5.11 Å². The van der Waals surface area contributed by atoms with Crippen molar-refractivity contribution in [3.05, 3.63) is 47.5 Å². The van der Waals surface area contributed by atoms with Crippen molar-refractivity contribution in [1.82, 2.24) is 4.90 Å². The fourth-order valence-electron chi connectivity index (χ4n) is 4.19. The number of benzene rings is 2. The molecule has 2 heteroatoms. The second-order valence-corrected chi connectivity index (χ2v) is 6.51. The lowest BCUT2D eigenvalue weighted by molar-refractivity contribution is 0.0270. The molecule has 0 aromatic heterocycles. The minimum atomic E-state index is -0.335. The van der Waals surface area contributed by atoms with Crippen LogP contribution in [0.3, 0.4) is 0 Å². The van der Waals surface area contributed by atoms with Crippen LogP contribution in [0.25, 0.3) is 10.8 Å². The van der Waals surface area contributed by atoms with Crippen molar-refractivity contribution in [3.63, 3.8) is 0 Å². The highest BCUT2D eigenvalue weighted by Gasteiger charge is 2.33. The number of aryl methyl sites for hydroxylation is 1. The highest BCUT2D eigenvalue weighted by molar-refractivity contribution is 5.87. The molecule has 1 fully saturated rings. The van der Waals surface area contributed by atoms with Crippen LogP contribution in [0, 0.1) is 0 Å². The number of piperidine rings is 1. The highest BCUT2D eigenvalue weighted by atomic mass is 16.3. The van der Waals surface area contributed by atoms with Gasteiger partial charge >= 0.3 is 0 Å². The molecule has 21 heavy (non-hydrogen) atoms. The van der Waals surface area contributed by atoms with Crippen LogP contribution >= 0.6 is 0 Å². The summed E-state index contributed by atoms with van der Waals surface area (Å²) in [5.41, 5.74) is 2.53. The maximum absolute atomic E-state index is 11.0. The summed E-state index contributed by atoms with van der Waals surface area (Å²) in [4.78, 5) is 2.53. The van der Waals surface area contributed by atoms with Crippen molar-refractivity contribution >= 4 is 10.8 Å². The number of aliphatic hydroxyl groups is 1. The molecule has 4 rings (SSSR count). The van der Waals surface area contributed by atoms with E-state index in [1.54, 1.807) is 0 Å². The van der Waals surface area contributed by atoms with E-state index in [0.29, 0.717) is 6.04 Å². The van der Waals surface area contributed by atoms with Crippen molar-refractivity contribution in [2.75, 3.05) is 13.1 Å². The van der Waals surface area contributed by atoms with E-state index in [9.17, 15) is 5.11 Å². The molecule has 1 saturated heterocycles. The first-order chi connectivity index (χ1) is 10.3. The van der Waals surface area contributed by atoms with Crippen LogP contribution in [0.1, 0.15) is 42.9 Å². The van der Waals surface area contributed by atoms with Crippen LogP contribution in [0.2, 0.25) is 0 Å². The Balaban J connectivity index is 1.75. The van der Waals surface area contributed by atoms with Gasteiger partial charge in [-0.2, -0.15) is 0 Å². The maximum Gasteiger partial charge on any atom is 0.0953 e. The van der Waals surface area contributed by atoms with Crippen molar-refractivity contribution in [2.24, 2.45) is 0 Å². The molecule has 1 aliphatic heterocycles. The summed E-state index contributed by atoms with van der Waals surface area (Å²) in [6.45, 7) is 2.31. The number of aliphatic hydroxyl groups excluding tert-OH is 1. The molecule has 110 valence electrons. The Morgan fingerprint density at radius 3 is 2.62 bits per heavy atom. The van der Waals surface area contributed by atoms with E-state index in [1.165, 1.54) is 41.2 Å². The first-order valence-corrected chi connectivity index (χ1v) is 8.27. The van der Waals surface area contributed by atoms with E-state index >= 15 is 0 Å². The van der Waals surface area contributed by atoms with Gasteiger partial charge in [0.05, 0.1) is 6.10 Å². The van der Waals surface area contributed by atoms with Crippen LogP contribution in [0.15, 0.2) is 36.4 Å². The fourth-order valence-corrected chi connectivity index (χ4v) is 4.19. The summed E-state index contributed by atoms with van der Waals surface area (Å²) >= 11 is 0. The topological polar surface area (TPSA) is 23.5 Å². The summed E-state index contributed by atoms with van der Waals surface area (Å²) in [5.74, 6) is 0. The molecule has 2 aromatic rings. The zero-order valence-corrected chi connectivity index (χ0v) is 12.5. The lowest BCUT2D eigenvalue weighted by Gasteiger charge is -2.41. The monoisotopic (exact) mass is 281 g/mol. The zero-order valence-electron chi connectivity index (χ0n) is 12.5. The summed E-state index contributed by atoms with van der Waals surface area (Å²) in [7, 11) is 0. The standard InChI is InChI=1S/C19H23NO/c21-19-17(20-12-4-1-5-13-20)11-10-15-9-8-14-6-2-3-7-16(14)18(15)19/h2-3,6-9,17,19,21H,1,4-5,10-13H2/t17-,19+/m0/s1. The van der Waals surface area contributed by atoms with E-state index in [0.717, 1.165) is 25.9 Å². The molecule has 2 aromatic carbocycles. The average molecular weight is 281 g/mol. The predicted octanol–water partition coefficient (Wildman–Crippen LogP) is 3.67. The number of fused-ring (bicyclic) bond motifs is 3. The summed E-state index contributed by atoms with van der Waals surface area (Å²) in [6.07, 6.45) is 5.76. The minimum Gasteiger partial charge on any atom is -0.387 e. The van der Waals surface area contributed by atoms with Gasteiger partial charge in [-0.15, -0.1) is 0 Å². The van der Waals surface area contributed by atoms with E-state index < -0.39 is 0 Å². The predicted molar refractivity (Wildman–Crippen MR) is 86.4 cm³/mol. The van der Waals surface area contributed by atoms with Crippen LogP contribution in [0.5, 0.6) is 0 Å². The molecule has 0 saturated carbocycles. The number of hydrogen-bond donors (Lipinski definition) is 1. The van der Waals surface area contributed by atoms with E-state index in [1.807, 2.05) is 0 Å². The van der Waals surface area contributed by atoms with Gasteiger partial charge < -0.3 is 5.11 Å². The summed E-state index contributed by atoms with van der Waals surface area (Å²) in [5, 5.41) is 13.5. The molecule has 2 atom stereocenters. The molecule has 1 aliphatic carbocycles. The third-order valence-electron chi connectivity index (χ3n) is 5.29. The Labute approximate surface area is 126 Å². The molecule has 1 N–H and O–H groups in total. The number of nitrogens with zero attached hydrogens (tertiary/aromatic N) is 1. The van der Waals surface area contributed by atoms with Gasteiger partial charge in [-0.25, -0.2) is 0 Å². The number of likely N-dealkylation sites (tertiary alicyclic amines) is 1. The molecule has 0 radical (unpaired) electrons. The van der Waals surface area contributed by atoms with Crippen LogP contribution in [0.4, 0.5) is 0 Å². The second kappa shape index (κ2) is 5.43. The number of rotatable bonds is 1. The van der Waals surface area contributed by atoms with Crippen molar-refractivity contribution in [1.29, 1.82) is 0 Å². The minimum absolute atomic E-state index is 0.309. The molecule has 1 heterocycles. The fraction of sp³-hybridized carbons (Fsp3) is 0.474. The van der Waals surface area contributed by atoms with Gasteiger partial charge in [-0.1, -0.05) is 42.8 Å². The average Bonchev–Trinajstić information content (AvgIpc) is 2.55. The third-order valence-corrected chi connectivity index (χ3v) is 5.29. The van der Waals surface area contributed by atoms with Gasteiger partial charge in [0.2, 0.25) is 0 Å². The molecule has 0 unspecified atom stereocenters. The molecule has 0 bridgehead atoms. The Morgan fingerprint density at radius 2 is 1.76 bits per heavy atom. The highest BCUT2D eigenvalue weighted by Crippen LogP contribution is 2.38. The largest absolute Gasteiger partial charge is 0.387 e. The van der Waals surface area contributed by atoms with Crippen LogP contribution in [-0.4, -0.2) is 29.1 Å². The molecule has 2 nitrogen and oxygen atoms in total. The zero-order chi connectivity index (χ0) is 14.2. The molecule has 0 amide bonds. The Kier molecular flexibility index (Phi) is 3.44. The summed E-state index contributed by atoms with van der Waals surface area (Å²) in [6, 6.07) is 13.2. The van der Waals surface area contributed by atoms with Gasteiger partial charge in [0.15, 0.2) is 0 Å². The summed E-state index contributed by atoms with van der Waals surface area (Å²) < 4.78 is 0. The lowest BCUT2D eigenvalue weighted by Crippen LogP contribution is -2.44. The number of hydrogen-bond acceptors (Lipinski definition) is 2. The molecule has 0 spiro atoms. The molecular formula is C19H23NO. The first-order valence-electron chi connectivity index (χ1n) is 8.27. The van der Waals surface area contributed by atoms with Gasteiger partial charge in [0, 0.05) is 6.04 Å². The van der Waals surface area contributed by atoms with Crippen molar-refractivity contribution in [2.45, 2.75) is 44.2 Å². The van der Waals surface area contributed by atoms with Gasteiger partial charge in [-0.05, 0) is 60.7 Å². The Bertz CT molecular complexity index is 645.